The van der Waals surface area contributed by atoms with Gasteiger partial charge in [-0.3, -0.25) is 4.79 Å². The highest BCUT2D eigenvalue weighted by molar-refractivity contribution is 7.87. The molecule has 1 unspecified atom stereocenters. The van der Waals surface area contributed by atoms with Crippen LogP contribution in [0.4, 0.5) is 5.13 Å². The molecule has 1 saturated carbocycles. The molecular weight excluding hydrogens is 408 g/mol. The first-order valence-corrected chi connectivity index (χ1v) is 11.0. The molecular formula is C21H20N2O4S2. The molecule has 4 rings (SSSR count). The Morgan fingerprint density at radius 3 is 2.48 bits per heavy atom. The van der Waals surface area contributed by atoms with E-state index in [1.807, 2.05) is 36.4 Å². The van der Waals surface area contributed by atoms with Crippen LogP contribution in [0.3, 0.4) is 0 Å². The van der Waals surface area contributed by atoms with Crippen molar-refractivity contribution in [1.82, 2.24) is 4.98 Å². The van der Waals surface area contributed by atoms with Crippen LogP contribution < -0.4 is 14.8 Å². The van der Waals surface area contributed by atoms with E-state index in [0.29, 0.717) is 20.0 Å². The predicted octanol–water partition coefficient (Wildman–Crippen LogP) is 4.00. The Kier molecular flexibility index (Phi) is 5.38. The summed E-state index contributed by atoms with van der Waals surface area (Å²) in [5.74, 6) is 1.22. The van der Waals surface area contributed by atoms with E-state index in [1.54, 1.807) is 26.4 Å². The van der Waals surface area contributed by atoms with Gasteiger partial charge in [0.25, 0.3) is 0 Å². The summed E-state index contributed by atoms with van der Waals surface area (Å²) in [6.45, 7) is 0. The number of aromatic nitrogens is 1. The molecule has 1 heterocycles. The number of para-hydroxylation sites is 1. The van der Waals surface area contributed by atoms with Crippen LogP contribution in [0.15, 0.2) is 63.8 Å². The van der Waals surface area contributed by atoms with Gasteiger partial charge in [-0.05, 0) is 42.7 Å². The van der Waals surface area contributed by atoms with Crippen molar-refractivity contribution in [3.05, 3.63) is 60.3 Å². The molecule has 1 aromatic heterocycles. The van der Waals surface area contributed by atoms with Crippen LogP contribution in [0.5, 0.6) is 11.5 Å². The number of amides is 1. The molecule has 8 heteroatoms. The number of nitrogens with one attached hydrogen (secondary N) is 1. The molecule has 1 N–H and O–H groups in total. The Morgan fingerprint density at radius 2 is 1.83 bits per heavy atom. The monoisotopic (exact) mass is 428 g/mol. The summed E-state index contributed by atoms with van der Waals surface area (Å²) in [5, 5.41) is 3.34. The molecule has 150 valence electrons. The van der Waals surface area contributed by atoms with Crippen molar-refractivity contribution in [2.75, 3.05) is 19.5 Å². The number of anilines is 1. The second-order valence-electron chi connectivity index (χ2n) is 6.67. The van der Waals surface area contributed by atoms with Gasteiger partial charge in [0.05, 0.1) is 30.7 Å². The number of hydrogen-bond donors (Lipinski definition) is 1. The summed E-state index contributed by atoms with van der Waals surface area (Å²) in [5.41, 5.74) is 0.435. The standard InChI is InChI=1S/C21H20N2O4S2/c1-26-15-9-7-14(8-10-15)21(11-12-21)19(24)23-20-22-13-18(28-20)29(25)17-6-4-3-5-16(17)27-2/h3-10,13H,11-12H2,1-2H3,(H,22,23,24). The van der Waals surface area contributed by atoms with Gasteiger partial charge in [-0.15, -0.1) is 0 Å². The van der Waals surface area contributed by atoms with Crippen molar-refractivity contribution < 1.29 is 18.5 Å². The number of thiazole rings is 1. The van der Waals surface area contributed by atoms with E-state index in [4.69, 9.17) is 9.47 Å². The quantitative estimate of drug-likeness (QED) is 0.616. The van der Waals surface area contributed by atoms with Gasteiger partial charge in [0.15, 0.2) is 5.13 Å². The lowest BCUT2D eigenvalue weighted by Gasteiger charge is -2.15. The normalized spacial score (nSPS) is 15.4. The Bertz CT molecular complexity index is 1060. The Balaban J connectivity index is 1.50. The SMILES string of the molecule is COc1ccc(C2(C(=O)Nc3ncc(S(=O)c4ccccc4OC)s3)CC2)cc1. The first-order valence-electron chi connectivity index (χ1n) is 9.04. The van der Waals surface area contributed by atoms with E-state index in [1.165, 1.54) is 17.5 Å². The summed E-state index contributed by atoms with van der Waals surface area (Å²) >= 11 is 1.21. The Labute approximate surface area is 175 Å². The van der Waals surface area contributed by atoms with E-state index < -0.39 is 16.2 Å². The van der Waals surface area contributed by atoms with E-state index in [0.717, 1.165) is 24.2 Å². The van der Waals surface area contributed by atoms with Crippen molar-refractivity contribution in [3.8, 4) is 11.5 Å². The number of rotatable bonds is 7. The lowest BCUT2D eigenvalue weighted by atomic mass is 9.95. The Hall–Kier alpha value is -2.71. The molecule has 1 amide bonds. The highest BCUT2D eigenvalue weighted by Gasteiger charge is 2.51. The molecule has 1 atom stereocenters. The van der Waals surface area contributed by atoms with E-state index in [-0.39, 0.29) is 5.91 Å². The summed E-state index contributed by atoms with van der Waals surface area (Å²) in [6, 6.07) is 14.7. The molecule has 6 nitrogen and oxygen atoms in total. The number of nitrogens with zero attached hydrogens (tertiary/aromatic N) is 1. The third kappa shape index (κ3) is 3.77. The number of methoxy groups -OCH3 is 2. The number of carbonyl (C=O) groups excluding carboxylic acids is 1. The van der Waals surface area contributed by atoms with Gasteiger partial charge in [0.2, 0.25) is 5.91 Å². The van der Waals surface area contributed by atoms with Gasteiger partial charge >= 0.3 is 0 Å². The van der Waals surface area contributed by atoms with Gasteiger partial charge in [-0.25, -0.2) is 9.19 Å². The van der Waals surface area contributed by atoms with Crippen molar-refractivity contribution in [2.24, 2.45) is 0 Å². The molecule has 29 heavy (non-hydrogen) atoms. The fourth-order valence-corrected chi connectivity index (χ4v) is 5.44. The average molecular weight is 429 g/mol. The second-order valence-corrected chi connectivity index (χ2v) is 9.37. The van der Waals surface area contributed by atoms with E-state index in [9.17, 15) is 9.00 Å². The molecule has 0 radical (unpaired) electrons. The highest BCUT2D eigenvalue weighted by atomic mass is 32.2. The lowest BCUT2D eigenvalue weighted by molar-refractivity contribution is -0.118. The van der Waals surface area contributed by atoms with Gasteiger partial charge in [-0.2, -0.15) is 0 Å². The van der Waals surface area contributed by atoms with Gasteiger partial charge in [0, 0.05) is 0 Å². The van der Waals surface area contributed by atoms with Crippen molar-refractivity contribution in [3.63, 3.8) is 0 Å². The van der Waals surface area contributed by atoms with E-state index in [2.05, 4.69) is 10.3 Å². The smallest absolute Gasteiger partial charge is 0.236 e. The zero-order valence-electron chi connectivity index (χ0n) is 16.0. The summed E-state index contributed by atoms with van der Waals surface area (Å²) in [6.07, 6.45) is 3.11. The fourth-order valence-electron chi connectivity index (χ4n) is 3.18. The first-order chi connectivity index (χ1) is 14.1. The largest absolute Gasteiger partial charge is 0.497 e. The van der Waals surface area contributed by atoms with Crippen molar-refractivity contribution in [1.29, 1.82) is 0 Å². The van der Waals surface area contributed by atoms with E-state index >= 15 is 0 Å². The number of benzene rings is 2. The van der Waals surface area contributed by atoms with Crippen LogP contribution in [0.25, 0.3) is 0 Å². The maximum atomic E-state index is 12.9. The van der Waals surface area contributed by atoms with Crippen LogP contribution in [0, 0.1) is 0 Å². The molecule has 3 aromatic rings. The first kappa shape index (κ1) is 19.6. The number of carbonyl (C=O) groups is 1. The maximum absolute atomic E-state index is 12.9. The molecule has 0 aliphatic heterocycles. The van der Waals surface area contributed by atoms with Gasteiger partial charge in [-0.1, -0.05) is 35.6 Å². The van der Waals surface area contributed by atoms with Gasteiger partial charge < -0.3 is 14.8 Å². The molecule has 1 aliphatic rings. The summed E-state index contributed by atoms with van der Waals surface area (Å²) < 4.78 is 23.9. The molecule has 0 saturated heterocycles. The summed E-state index contributed by atoms with van der Waals surface area (Å²) in [4.78, 5) is 17.8. The maximum Gasteiger partial charge on any atom is 0.236 e. The molecule has 1 aliphatic carbocycles. The third-order valence-electron chi connectivity index (χ3n) is 4.98. The fraction of sp³-hybridized carbons (Fsp3) is 0.238. The summed E-state index contributed by atoms with van der Waals surface area (Å²) in [7, 11) is 1.73. The minimum atomic E-state index is -1.43. The predicted molar refractivity (Wildman–Crippen MR) is 112 cm³/mol. The average Bonchev–Trinajstić information content (AvgIpc) is 3.46. The second kappa shape index (κ2) is 7.96. The molecule has 1 fully saturated rings. The van der Waals surface area contributed by atoms with Crippen molar-refractivity contribution >= 4 is 33.2 Å². The van der Waals surface area contributed by atoms with Crippen molar-refractivity contribution in [2.45, 2.75) is 27.4 Å². The van der Waals surface area contributed by atoms with Gasteiger partial charge in [0.1, 0.15) is 26.5 Å². The zero-order chi connectivity index (χ0) is 20.4. The zero-order valence-corrected chi connectivity index (χ0v) is 17.6. The van der Waals surface area contributed by atoms with Crippen LogP contribution in [0.2, 0.25) is 0 Å². The van der Waals surface area contributed by atoms with Crippen LogP contribution in [0.1, 0.15) is 18.4 Å². The van der Waals surface area contributed by atoms with Crippen LogP contribution in [-0.4, -0.2) is 29.3 Å². The minimum absolute atomic E-state index is 0.0911. The molecule has 0 spiro atoms. The molecule has 2 aromatic carbocycles. The topological polar surface area (TPSA) is 77.5 Å². The van der Waals surface area contributed by atoms with Crippen LogP contribution >= 0.6 is 11.3 Å². The lowest BCUT2D eigenvalue weighted by Crippen LogP contribution is -2.27. The number of ether oxygens (including phenoxy) is 2. The van der Waals surface area contributed by atoms with Crippen LogP contribution in [-0.2, 0) is 21.0 Å². The minimum Gasteiger partial charge on any atom is -0.497 e. The molecule has 0 bridgehead atoms. The Morgan fingerprint density at radius 1 is 1.10 bits per heavy atom. The third-order valence-corrected chi connectivity index (χ3v) is 7.60. The highest BCUT2D eigenvalue weighted by Crippen LogP contribution is 2.49. The number of hydrogen-bond acceptors (Lipinski definition) is 6.